The van der Waals surface area contributed by atoms with Crippen LogP contribution < -0.4 is 5.56 Å². The highest BCUT2D eigenvalue weighted by Crippen LogP contribution is 2.18. The van der Waals surface area contributed by atoms with Gasteiger partial charge in [-0.15, -0.1) is 0 Å². The van der Waals surface area contributed by atoms with E-state index in [0.717, 1.165) is 11.1 Å². The first kappa shape index (κ1) is 19.5. The number of benzene rings is 2. The van der Waals surface area contributed by atoms with Crippen LogP contribution in [0.3, 0.4) is 0 Å². The largest absolute Gasteiger partial charge is 0.334 e. The highest BCUT2D eigenvalue weighted by molar-refractivity contribution is 5.80. The van der Waals surface area contributed by atoms with Crippen molar-refractivity contribution in [1.29, 1.82) is 0 Å². The summed E-state index contributed by atoms with van der Waals surface area (Å²) < 4.78 is 1.28. The number of carbonyl (C=O) groups is 1. The summed E-state index contributed by atoms with van der Waals surface area (Å²) in [4.78, 5) is 27.4. The summed E-state index contributed by atoms with van der Waals surface area (Å²) in [5, 5.41) is 4.47. The average Bonchev–Trinajstić information content (AvgIpc) is 2.72. The molecule has 0 radical (unpaired) electrons. The lowest BCUT2D eigenvalue weighted by Crippen LogP contribution is -2.43. The van der Waals surface area contributed by atoms with Crippen LogP contribution in [0, 0.1) is 0 Å². The zero-order valence-corrected chi connectivity index (χ0v) is 16.4. The Kier molecular flexibility index (Phi) is 6.04. The summed E-state index contributed by atoms with van der Waals surface area (Å²) in [6, 6.07) is 21.9. The van der Waals surface area contributed by atoms with Crippen molar-refractivity contribution in [2.75, 3.05) is 0 Å². The van der Waals surface area contributed by atoms with Crippen molar-refractivity contribution in [1.82, 2.24) is 14.7 Å². The maximum Gasteiger partial charge on any atom is 0.267 e. The zero-order valence-electron chi connectivity index (χ0n) is 16.4. The molecule has 3 aromatic rings. The summed E-state index contributed by atoms with van der Waals surface area (Å²) in [6.45, 7) is 6.18. The molecule has 0 saturated carbocycles. The second-order valence-electron chi connectivity index (χ2n) is 7.09. The number of amides is 1. The van der Waals surface area contributed by atoms with Crippen molar-refractivity contribution in [3.05, 3.63) is 88.7 Å². The Morgan fingerprint density at radius 3 is 2.14 bits per heavy atom. The molecular formula is C23H25N3O2. The van der Waals surface area contributed by atoms with Crippen molar-refractivity contribution < 1.29 is 4.79 Å². The van der Waals surface area contributed by atoms with Gasteiger partial charge in [0.2, 0.25) is 5.91 Å². The normalized spacial score (nSPS) is 12.0. The van der Waals surface area contributed by atoms with Crippen LogP contribution in [0.1, 0.15) is 32.4 Å². The van der Waals surface area contributed by atoms with Gasteiger partial charge in [-0.3, -0.25) is 9.59 Å². The second-order valence-corrected chi connectivity index (χ2v) is 7.09. The molecule has 28 heavy (non-hydrogen) atoms. The number of rotatable bonds is 6. The van der Waals surface area contributed by atoms with Gasteiger partial charge < -0.3 is 4.90 Å². The van der Waals surface area contributed by atoms with Gasteiger partial charge in [0.15, 0.2) is 0 Å². The van der Waals surface area contributed by atoms with Crippen molar-refractivity contribution in [3.63, 3.8) is 0 Å². The molecular weight excluding hydrogens is 350 g/mol. The second kappa shape index (κ2) is 8.65. The minimum Gasteiger partial charge on any atom is -0.334 e. The van der Waals surface area contributed by atoms with E-state index in [1.54, 1.807) is 17.9 Å². The van der Waals surface area contributed by atoms with Gasteiger partial charge in [0.05, 0.1) is 5.69 Å². The van der Waals surface area contributed by atoms with Crippen molar-refractivity contribution in [2.45, 2.75) is 39.4 Å². The molecule has 144 valence electrons. The van der Waals surface area contributed by atoms with Crippen LogP contribution in [0.4, 0.5) is 0 Å². The van der Waals surface area contributed by atoms with E-state index >= 15 is 0 Å². The minimum atomic E-state index is -0.692. The van der Waals surface area contributed by atoms with Crippen LogP contribution in [0.25, 0.3) is 11.3 Å². The van der Waals surface area contributed by atoms with Gasteiger partial charge in [-0.2, -0.15) is 5.10 Å². The van der Waals surface area contributed by atoms with Gasteiger partial charge in [-0.05, 0) is 32.4 Å². The summed E-state index contributed by atoms with van der Waals surface area (Å²) >= 11 is 0. The molecule has 0 N–H and O–H groups in total. The van der Waals surface area contributed by atoms with Crippen LogP contribution in [0.2, 0.25) is 0 Å². The molecule has 0 bridgehead atoms. The first-order valence-electron chi connectivity index (χ1n) is 9.47. The lowest BCUT2D eigenvalue weighted by Gasteiger charge is -2.30. The Labute approximate surface area is 165 Å². The maximum absolute atomic E-state index is 13.2. The van der Waals surface area contributed by atoms with Gasteiger partial charge in [0.1, 0.15) is 6.04 Å². The van der Waals surface area contributed by atoms with E-state index in [2.05, 4.69) is 5.10 Å². The van der Waals surface area contributed by atoms with Crippen LogP contribution in [-0.4, -0.2) is 26.6 Å². The van der Waals surface area contributed by atoms with E-state index in [-0.39, 0.29) is 17.5 Å². The number of hydrogen-bond donors (Lipinski definition) is 0. The molecule has 0 saturated heterocycles. The smallest absolute Gasteiger partial charge is 0.267 e. The maximum atomic E-state index is 13.2. The Morgan fingerprint density at radius 2 is 1.54 bits per heavy atom. The van der Waals surface area contributed by atoms with Gasteiger partial charge in [0, 0.05) is 24.2 Å². The number of carbonyl (C=O) groups excluding carboxylic acids is 1. The van der Waals surface area contributed by atoms with E-state index in [1.165, 1.54) is 10.7 Å². The fourth-order valence-electron chi connectivity index (χ4n) is 3.11. The molecule has 1 atom stereocenters. The molecule has 1 unspecified atom stereocenters. The van der Waals surface area contributed by atoms with Crippen LogP contribution in [0.15, 0.2) is 77.6 Å². The minimum absolute atomic E-state index is 0.00293. The topological polar surface area (TPSA) is 55.2 Å². The predicted octanol–water partition coefficient (Wildman–Crippen LogP) is 3.91. The lowest BCUT2D eigenvalue weighted by atomic mass is 10.1. The van der Waals surface area contributed by atoms with Crippen molar-refractivity contribution >= 4 is 5.91 Å². The monoisotopic (exact) mass is 375 g/mol. The predicted molar refractivity (Wildman–Crippen MR) is 111 cm³/mol. The van der Waals surface area contributed by atoms with Crippen LogP contribution in [0.5, 0.6) is 0 Å². The molecule has 0 aliphatic heterocycles. The number of nitrogens with zero attached hydrogens (tertiary/aromatic N) is 3. The Hall–Kier alpha value is -3.21. The summed E-state index contributed by atoms with van der Waals surface area (Å²) in [6.07, 6.45) is 0. The lowest BCUT2D eigenvalue weighted by molar-refractivity contribution is -0.137. The fourth-order valence-corrected chi connectivity index (χ4v) is 3.11. The quantitative estimate of drug-likeness (QED) is 0.656. The molecule has 0 aliphatic carbocycles. The molecule has 0 spiro atoms. The third-order valence-corrected chi connectivity index (χ3v) is 4.72. The van der Waals surface area contributed by atoms with E-state index < -0.39 is 6.04 Å². The molecule has 1 aromatic heterocycles. The van der Waals surface area contributed by atoms with Gasteiger partial charge in [-0.1, -0.05) is 60.7 Å². The Balaban J connectivity index is 1.90. The summed E-state index contributed by atoms with van der Waals surface area (Å²) in [5.74, 6) is -0.126. The Morgan fingerprint density at radius 1 is 0.929 bits per heavy atom. The molecule has 3 rings (SSSR count). The number of aromatic nitrogens is 2. The van der Waals surface area contributed by atoms with Gasteiger partial charge in [0.25, 0.3) is 5.56 Å². The summed E-state index contributed by atoms with van der Waals surface area (Å²) in [5.41, 5.74) is 2.33. The van der Waals surface area contributed by atoms with E-state index in [4.69, 9.17) is 0 Å². The summed E-state index contributed by atoms with van der Waals surface area (Å²) in [7, 11) is 0. The number of hydrogen-bond acceptors (Lipinski definition) is 3. The highest BCUT2D eigenvalue weighted by atomic mass is 16.2. The molecule has 5 heteroatoms. The van der Waals surface area contributed by atoms with Crippen LogP contribution in [-0.2, 0) is 11.3 Å². The van der Waals surface area contributed by atoms with E-state index in [0.29, 0.717) is 12.2 Å². The molecule has 2 aromatic carbocycles. The van der Waals surface area contributed by atoms with Crippen LogP contribution >= 0.6 is 0 Å². The SMILES string of the molecule is CC(C)N(Cc1ccccc1)C(=O)C(C)n1nc(-c2ccccc2)ccc1=O. The Bertz CT molecular complexity index is 981. The highest BCUT2D eigenvalue weighted by Gasteiger charge is 2.26. The van der Waals surface area contributed by atoms with Gasteiger partial charge in [-0.25, -0.2) is 4.68 Å². The first-order chi connectivity index (χ1) is 13.5. The van der Waals surface area contributed by atoms with Crippen molar-refractivity contribution in [2.24, 2.45) is 0 Å². The zero-order chi connectivity index (χ0) is 20.1. The third-order valence-electron chi connectivity index (χ3n) is 4.72. The molecule has 5 nitrogen and oxygen atoms in total. The first-order valence-corrected chi connectivity index (χ1v) is 9.47. The van der Waals surface area contributed by atoms with E-state index in [9.17, 15) is 9.59 Å². The molecule has 0 fully saturated rings. The fraction of sp³-hybridized carbons (Fsp3) is 0.261. The standard InChI is InChI=1S/C23H25N3O2/c1-17(2)25(16-19-10-6-4-7-11-19)23(28)18(3)26-22(27)15-14-21(24-26)20-12-8-5-9-13-20/h4-15,17-18H,16H2,1-3H3. The molecule has 1 amide bonds. The molecule has 0 aliphatic rings. The third kappa shape index (κ3) is 4.36. The van der Waals surface area contributed by atoms with Gasteiger partial charge >= 0.3 is 0 Å². The average molecular weight is 375 g/mol. The van der Waals surface area contributed by atoms with E-state index in [1.807, 2.05) is 74.5 Å². The van der Waals surface area contributed by atoms with Crippen molar-refractivity contribution in [3.8, 4) is 11.3 Å². The molecule has 1 heterocycles.